The van der Waals surface area contributed by atoms with Crippen molar-refractivity contribution in [3.05, 3.63) is 21.8 Å². The van der Waals surface area contributed by atoms with Crippen LogP contribution in [0, 0.1) is 5.92 Å². The molecule has 0 saturated carbocycles. The summed E-state index contributed by atoms with van der Waals surface area (Å²) in [7, 11) is 0. The maximum atomic E-state index is 5.90. The summed E-state index contributed by atoms with van der Waals surface area (Å²) in [5, 5.41) is 0. The number of aryl methyl sites for hydroxylation is 1. The van der Waals surface area contributed by atoms with Crippen LogP contribution in [0.3, 0.4) is 0 Å². The van der Waals surface area contributed by atoms with Crippen molar-refractivity contribution in [1.29, 1.82) is 0 Å². The van der Waals surface area contributed by atoms with Gasteiger partial charge in [-0.1, -0.05) is 27.2 Å². The molecule has 2 N–H and O–H groups in total. The average molecular weight is 210 g/mol. The Balaban J connectivity index is 2.85. The maximum absolute atomic E-state index is 5.90. The normalized spacial score (nSPS) is 12.4. The standard InChI is InChI=1S/C11H18N2S/c1-4-5-11-10(13-7-14-11)6-9(12)8(2)3/h6-8H,4-5,12H2,1-3H3/b9-6-. The van der Waals surface area contributed by atoms with Crippen LogP contribution in [0.25, 0.3) is 6.08 Å². The summed E-state index contributed by atoms with van der Waals surface area (Å²) in [4.78, 5) is 5.66. The predicted octanol–water partition coefficient (Wildman–Crippen LogP) is 3.05. The van der Waals surface area contributed by atoms with Gasteiger partial charge in [0.25, 0.3) is 0 Å². The number of allylic oxidation sites excluding steroid dienone is 1. The van der Waals surface area contributed by atoms with E-state index in [0.717, 1.165) is 24.2 Å². The minimum Gasteiger partial charge on any atom is -0.402 e. The molecule has 14 heavy (non-hydrogen) atoms. The van der Waals surface area contributed by atoms with Crippen LogP contribution in [0.1, 0.15) is 37.8 Å². The molecule has 2 nitrogen and oxygen atoms in total. The summed E-state index contributed by atoms with van der Waals surface area (Å²) < 4.78 is 0. The zero-order valence-corrected chi connectivity index (χ0v) is 9.90. The van der Waals surface area contributed by atoms with Gasteiger partial charge < -0.3 is 5.73 Å². The highest BCUT2D eigenvalue weighted by molar-refractivity contribution is 7.09. The molecule has 0 spiro atoms. The monoisotopic (exact) mass is 210 g/mol. The molecule has 0 saturated heterocycles. The molecule has 0 unspecified atom stereocenters. The second-order valence-corrected chi connectivity index (χ2v) is 4.65. The smallest absolute Gasteiger partial charge is 0.0801 e. The Morgan fingerprint density at radius 2 is 2.36 bits per heavy atom. The third kappa shape index (κ3) is 2.84. The molecule has 0 aromatic carbocycles. The molecule has 1 aromatic rings. The summed E-state index contributed by atoms with van der Waals surface area (Å²) >= 11 is 1.72. The Kier molecular flexibility index (Phi) is 4.14. The second kappa shape index (κ2) is 5.15. The minimum atomic E-state index is 0.395. The Labute approximate surface area is 89.9 Å². The van der Waals surface area contributed by atoms with Gasteiger partial charge in [-0.3, -0.25) is 0 Å². The van der Waals surface area contributed by atoms with E-state index in [0.29, 0.717) is 5.92 Å². The topological polar surface area (TPSA) is 38.9 Å². The Morgan fingerprint density at radius 1 is 1.64 bits per heavy atom. The molecule has 0 atom stereocenters. The third-order valence-corrected chi connectivity index (χ3v) is 3.03. The van der Waals surface area contributed by atoms with Crippen molar-refractivity contribution in [2.24, 2.45) is 11.7 Å². The number of hydrogen-bond donors (Lipinski definition) is 1. The van der Waals surface area contributed by atoms with E-state index in [1.807, 2.05) is 11.6 Å². The quantitative estimate of drug-likeness (QED) is 0.829. The van der Waals surface area contributed by atoms with E-state index in [1.165, 1.54) is 4.88 Å². The molecular weight excluding hydrogens is 192 g/mol. The number of thiazole rings is 1. The van der Waals surface area contributed by atoms with E-state index in [-0.39, 0.29) is 0 Å². The number of nitrogens with zero attached hydrogens (tertiary/aromatic N) is 1. The molecular formula is C11H18N2S. The lowest BCUT2D eigenvalue weighted by atomic mass is 10.1. The van der Waals surface area contributed by atoms with E-state index in [2.05, 4.69) is 25.8 Å². The molecule has 3 heteroatoms. The van der Waals surface area contributed by atoms with Gasteiger partial charge in [0, 0.05) is 10.6 Å². The Bertz CT molecular complexity index is 313. The summed E-state index contributed by atoms with van der Waals surface area (Å²) in [6.45, 7) is 6.37. The average Bonchev–Trinajstić information content (AvgIpc) is 2.53. The minimum absolute atomic E-state index is 0.395. The van der Waals surface area contributed by atoms with Crippen molar-refractivity contribution in [2.45, 2.75) is 33.6 Å². The van der Waals surface area contributed by atoms with E-state index >= 15 is 0 Å². The summed E-state index contributed by atoms with van der Waals surface area (Å²) in [6.07, 6.45) is 4.26. The fourth-order valence-electron chi connectivity index (χ4n) is 1.14. The molecule has 78 valence electrons. The highest BCUT2D eigenvalue weighted by atomic mass is 32.1. The number of nitrogens with two attached hydrogens (primary N) is 1. The van der Waals surface area contributed by atoms with E-state index < -0.39 is 0 Å². The largest absolute Gasteiger partial charge is 0.402 e. The van der Waals surface area contributed by atoms with E-state index in [9.17, 15) is 0 Å². The molecule has 0 radical (unpaired) electrons. The van der Waals surface area contributed by atoms with Gasteiger partial charge in [-0.05, 0) is 18.4 Å². The number of aromatic nitrogens is 1. The van der Waals surface area contributed by atoms with Crippen LogP contribution in [0.2, 0.25) is 0 Å². The SMILES string of the molecule is CCCc1scnc1/C=C(\N)C(C)C. The first kappa shape index (κ1) is 11.2. The van der Waals surface area contributed by atoms with Gasteiger partial charge in [0.1, 0.15) is 0 Å². The van der Waals surface area contributed by atoms with Crippen LogP contribution >= 0.6 is 11.3 Å². The lowest BCUT2D eigenvalue weighted by molar-refractivity contribution is 0.763. The van der Waals surface area contributed by atoms with Crippen LogP contribution in [0.15, 0.2) is 11.2 Å². The molecule has 0 amide bonds. The highest BCUT2D eigenvalue weighted by Gasteiger charge is 2.04. The number of rotatable bonds is 4. The first-order valence-corrected chi connectivity index (χ1v) is 5.92. The van der Waals surface area contributed by atoms with Crippen molar-refractivity contribution < 1.29 is 0 Å². The van der Waals surface area contributed by atoms with Gasteiger partial charge in [0.15, 0.2) is 0 Å². The summed E-state index contributed by atoms with van der Waals surface area (Å²) in [5.41, 5.74) is 9.76. The predicted molar refractivity (Wildman–Crippen MR) is 63.1 cm³/mol. The van der Waals surface area contributed by atoms with Crippen molar-refractivity contribution in [3.8, 4) is 0 Å². The van der Waals surface area contributed by atoms with Crippen molar-refractivity contribution >= 4 is 17.4 Å². The summed E-state index contributed by atoms with van der Waals surface area (Å²) in [5.74, 6) is 0.395. The van der Waals surface area contributed by atoms with Crippen molar-refractivity contribution in [1.82, 2.24) is 4.98 Å². The molecule has 0 aliphatic heterocycles. The molecule has 0 fully saturated rings. The lowest BCUT2D eigenvalue weighted by Crippen LogP contribution is -2.04. The van der Waals surface area contributed by atoms with Gasteiger partial charge in [-0.2, -0.15) is 0 Å². The zero-order valence-electron chi connectivity index (χ0n) is 9.08. The van der Waals surface area contributed by atoms with Gasteiger partial charge in [0.05, 0.1) is 11.2 Å². The van der Waals surface area contributed by atoms with E-state index in [4.69, 9.17) is 5.73 Å². The molecule has 0 bridgehead atoms. The van der Waals surface area contributed by atoms with Crippen molar-refractivity contribution in [3.63, 3.8) is 0 Å². The molecule has 0 aliphatic rings. The third-order valence-electron chi connectivity index (χ3n) is 2.12. The van der Waals surface area contributed by atoms with Crippen LogP contribution in [0.5, 0.6) is 0 Å². The maximum Gasteiger partial charge on any atom is 0.0801 e. The van der Waals surface area contributed by atoms with Gasteiger partial charge in [-0.15, -0.1) is 11.3 Å². The number of hydrogen-bond acceptors (Lipinski definition) is 3. The van der Waals surface area contributed by atoms with Gasteiger partial charge >= 0.3 is 0 Å². The first-order chi connectivity index (χ1) is 6.65. The zero-order chi connectivity index (χ0) is 10.6. The fourth-order valence-corrected chi connectivity index (χ4v) is 1.98. The van der Waals surface area contributed by atoms with E-state index in [1.54, 1.807) is 11.3 Å². The van der Waals surface area contributed by atoms with Gasteiger partial charge in [-0.25, -0.2) is 4.98 Å². The molecule has 1 heterocycles. The van der Waals surface area contributed by atoms with Crippen LogP contribution in [0.4, 0.5) is 0 Å². The fraction of sp³-hybridized carbons (Fsp3) is 0.545. The second-order valence-electron chi connectivity index (χ2n) is 3.71. The van der Waals surface area contributed by atoms with Crippen LogP contribution < -0.4 is 5.73 Å². The molecule has 1 aromatic heterocycles. The van der Waals surface area contributed by atoms with Crippen molar-refractivity contribution in [2.75, 3.05) is 0 Å². The van der Waals surface area contributed by atoms with Gasteiger partial charge in [0.2, 0.25) is 0 Å². The first-order valence-electron chi connectivity index (χ1n) is 5.04. The lowest BCUT2D eigenvalue weighted by Gasteiger charge is -2.04. The highest BCUT2D eigenvalue weighted by Crippen LogP contribution is 2.18. The molecule has 0 aliphatic carbocycles. The Morgan fingerprint density at radius 3 is 2.93 bits per heavy atom. The van der Waals surface area contributed by atoms with Crippen LogP contribution in [-0.2, 0) is 6.42 Å². The Hall–Kier alpha value is -0.830. The molecule has 1 rings (SSSR count). The summed E-state index contributed by atoms with van der Waals surface area (Å²) in [6, 6.07) is 0. The van der Waals surface area contributed by atoms with Crippen LogP contribution in [-0.4, -0.2) is 4.98 Å².